The number of rotatable bonds is 7. The Kier molecular flexibility index (Phi) is 5.48. The van der Waals surface area contributed by atoms with Gasteiger partial charge in [-0.15, -0.1) is 10.2 Å². The molecular weight excluding hydrogens is 386 g/mol. The molecule has 6 nitrogen and oxygen atoms in total. The maximum absolute atomic E-state index is 11.8. The van der Waals surface area contributed by atoms with Gasteiger partial charge >= 0.3 is 5.97 Å². The van der Waals surface area contributed by atoms with Crippen LogP contribution in [0.5, 0.6) is 0 Å². The van der Waals surface area contributed by atoms with Gasteiger partial charge in [-0.3, -0.25) is 0 Å². The second-order valence-electron chi connectivity index (χ2n) is 6.45. The highest BCUT2D eigenvalue weighted by atomic mass is 32.2. The number of hydrogen-bond acceptors (Lipinski definition) is 5. The molecule has 0 spiro atoms. The van der Waals surface area contributed by atoms with E-state index in [1.165, 1.54) is 5.56 Å². The van der Waals surface area contributed by atoms with Gasteiger partial charge in [0.1, 0.15) is 4.91 Å². The van der Waals surface area contributed by atoms with E-state index in [1.807, 2.05) is 55.6 Å². The van der Waals surface area contributed by atoms with Gasteiger partial charge in [0, 0.05) is 35.6 Å². The lowest BCUT2D eigenvalue weighted by atomic mass is 10.1. The van der Waals surface area contributed by atoms with Gasteiger partial charge in [0.25, 0.3) is 5.22 Å². The van der Waals surface area contributed by atoms with Crippen LogP contribution in [0.3, 0.4) is 0 Å². The van der Waals surface area contributed by atoms with E-state index in [4.69, 9.17) is 4.42 Å². The lowest BCUT2D eigenvalue weighted by Gasteiger charge is -2.05. The number of fused-ring (bicyclic) bond motifs is 1. The second-order valence-corrected chi connectivity index (χ2v) is 7.44. The van der Waals surface area contributed by atoms with Gasteiger partial charge in [-0.1, -0.05) is 55.5 Å². The highest BCUT2D eigenvalue weighted by Crippen LogP contribution is 2.31. The van der Waals surface area contributed by atoms with Crippen molar-refractivity contribution in [2.75, 3.05) is 0 Å². The molecule has 7 heteroatoms. The Hall–Kier alpha value is -3.32. The fourth-order valence-corrected chi connectivity index (χ4v) is 3.77. The maximum atomic E-state index is 11.8. The van der Waals surface area contributed by atoms with Crippen LogP contribution in [-0.4, -0.2) is 25.8 Å². The lowest BCUT2D eigenvalue weighted by Crippen LogP contribution is -1.97. The molecule has 1 N–H and O–H groups in total. The van der Waals surface area contributed by atoms with E-state index < -0.39 is 5.97 Å². The number of aryl methyl sites for hydroxylation is 1. The quantitative estimate of drug-likeness (QED) is 0.350. The maximum Gasteiger partial charge on any atom is 0.342 e. The number of nitrogens with zero attached hydrogens (tertiary/aromatic N) is 3. The standard InChI is InChI=1S/C22H19N3O3S/c1-2-20-23-24-22(28-20)29-19(21(26)27)12-16-14-25(13-15-8-4-3-5-9-15)18-11-7-6-10-17(16)18/h3-12,14H,2,13H2,1H3,(H,26,27)/b19-12-. The molecule has 0 saturated carbocycles. The summed E-state index contributed by atoms with van der Waals surface area (Å²) in [4.78, 5) is 12.0. The molecule has 0 fully saturated rings. The predicted molar refractivity (Wildman–Crippen MR) is 113 cm³/mol. The molecule has 29 heavy (non-hydrogen) atoms. The summed E-state index contributed by atoms with van der Waals surface area (Å²) in [6.45, 7) is 2.60. The summed E-state index contributed by atoms with van der Waals surface area (Å²) >= 11 is 0.962. The number of aliphatic carboxylic acids is 1. The minimum Gasteiger partial charge on any atom is -0.477 e. The largest absolute Gasteiger partial charge is 0.477 e. The number of aromatic nitrogens is 3. The molecule has 2 aromatic heterocycles. The molecule has 0 saturated heterocycles. The molecular formula is C22H19N3O3S. The summed E-state index contributed by atoms with van der Waals surface area (Å²) in [5.41, 5.74) is 3.05. The highest BCUT2D eigenvalue weighted by Gasteiger charge is 2.16. The van der Waals surface area contributed by atoms with Crippen molar-refractivity contribution in [1.29, 1.82) is 0 Å². The summed E-state index contributed by atoms with van der Waals surface area (Å²) in [5.74, 6) is -0.553. The monoisotopic (exact) mass is 405 g/mol. The fraction of sp³-hybridized carbons (Fsp3) is 0.136. The number of carboxylic acid groups (broad SMARTS) is 1. The summed E-state index contributed by atoms with van der Waals surface area (Å²) in [6.07, 6.45) is 4.24. The first-order valence-electron chi connectivity index (χ1n) is 9.21. The smallest absolute Gasteiger partial charge is 0.342 e. The van der Waals surface area contributed by atoms with Gasteiger partial charge in [0.15, 0.2) is 0 Å². The van der Waals surface area contributed by atoms with Gasteiger partial charge in [-0.25, -0.2) is 4.79 Å². The minimum atomic E-state index is -1.04. The van der Waals surface area contributed by atoms with E-state index >= 15 is 0 Å². The average Bonchev–Trinajstić information content (AvgIpc) is 3.33. The molecule has 4 aromatic rings. The molecule has 0 aliphatic rings. The Labute approximate surface area is 171 Å². The van der Waals surface area contributed by atoms with Crippen LogP contribution in [-0.2, 0) is 17.8 Å². The van der Waals surface area contributed by atoms with Crippen LogP contribution in [0.1, 0.15) is 23.9 Å². The van der Waals surface area contributed by atoms with Crippen molar-refractivity contribution in [3.05, 3.63) is 82.7 Å². The molecule has 0 aliphatic carbocycles. The highest BCUT2D eigenvalue weighted by molar-refractivity contribution is 8.03. The van der Waals surface area contributed by atoms with Crippen LogP contribution in [0, 0.1) is 0 Å². The molecule has 0 bridgehead atoms. The first kappa shape index (κ1) is 19.0. The first-order valence-corrected chi connectivity index (χ1v) is 10.0. The predicted octanol–water partition coefficient (Wildman–Crippen LogP) is 4.85. The third-order valence-corrected chi connectivity index (χ3v) is 5.31. The van der Waals surface area contributed by atoms with Crippen molar-refractivity contribution >= 4 is 34.7 Å². The van der Waals surface area contributed by atoms with E-state index in [0.29, 0.717) is 18.9 Å². The minimum absolute atomic E-state index is 0.124. The Balaban J connectivity index is 1.72. The molecule has 0 radical (unpaired) electrons. The Morgan fingerprint density at radius 1 is 1.14 bits per heavy atom. The van der Waals surface area contributed by atoms with E-state index in [2.05, 4.69) is 26.9 Å². The van der Waals surface area contributed by atoms with Crippen molar-refractivity contribution < 1.29 is 14.3 Å². The molecule has 0 atom stereocenters. The first-order chi connectivity index (χ1) is 14.1. The molecule has 0 unspecified atom stereocenters. The normalized spacial score (nSPS) is 11.8. The van der Waals surface area contributed by atoms with E-state index in [-0.39, 0.29) is 10.1 Å². The lowest BCUT2D eigenvalue weighted by molar-refractivity contribution is -0.131. The van der Waals surface area contributed by atoms with E-state index in [0.717, 1.165) is 28.2 Å². The summed E-state index contributed by atoms with van der Waals surface area (Å²) in [7, 11) is 0. The van der Waals surface area contributed by atoms with Crippen LogP contribution in [0.2, 0.25) is 0 Å². The van der Waals surface area contributed by atoms with Crippen molar-refractivity contribution in [2.45, 2.75) is 25.1 Å². The van der Waals surface area contributed by atoms with Crippen LogP contribution >= 0.6 is 11.8 Å². The molecule has 2 aromatic carbocycles. The summed E-state index contributed by atoms with van der Waals surface area (Å²) in [6, 6.07) is 18.1. The van der Waals surface area contributed by atoms with Crippen LogP contribution in [0.4, 0.5) is 0 Å². The summed E-state index contributed by atoms with van der Waals surface area (Å²) in [5, 5.41) is 18.7. The van der Waals surface area contributed by atoms with Crippen LogP contribution in [0.15, 0.2) is 75.3 Å². The number of carbonyl (C=O) groups is 1. The van der Waals surface area contributed by atoms with Gasteiger partial charge in [-0.2, -0.15) is 0 Å². The number of carboxylic acids is 1. The zero-order chi connectivity index (χ0) is 20.2. The Bertz CT molecular complexity index is 1180. The van der Waals surface area contributed by atoms with Crippen molar-refractivity contribution in [2.24, 2.45) is 0 Å². The second kappa shape index (κ2) is 8.36. The molecule has 0 aliphatic heterocycles. The van der Waals surface area contributed by atoms with Crippen LogP contribution in [0.25, 0.3) is 17.0 Å². The molecule has 0 amide bonds. The fourth-order valence-electron chi connectivity index (χ4n) is 3.09. The van der Waals surface area contributed by atoms with E-state index in [1.54, 1.807) is 6.08 Å². The Morgan fingerprint density at radius 2 is 1.90 bits per heavy atom. The topological polar surface area (TPSA) is 81.2 Å². The van der Waals surface area contributed by atoms with Gasteiger partial charge in [0.2, 0.25) is 5.89 Å². The van der Waals surface area contributed by atoms with Gasteiger partial charge in [0.05, 0.1) is 0 Å². The SMILES string of the molecule is CCc1nnc(S/C(=C\c2cn(Cc3ccccc3)c3ccccc23)C(=O)O)o1. The van der Waals surface area contributed by atoms with Crippen LogP contribution < -0.4 is 0 Å². The van der Waals surface area contributed by atoms with E-state index in [9.17, 15) is 9.90 Å². The Morgan fingerprint density at radius 3 is 2.62 bits per heavy atom. The molecule has 146 valence electrons. The zero-order valence-corrected chi connectivity index (χ0v) is 16.6. The van der Waals surface area contributed by atoms with Crippen molar-refractivity contribution in [3.8, 4) is 0 Å². The summed E-state index contributed by atoms with van der Waals surface area (Å²) < 4.78 is 7.58. The van der Waals surface area contributed by atoms with Crippen molar-refractivity contribution in [1.82, 2.24) is 14.8 Å². The zero-order valence-electron chi connectivity index (χ0n) is 15.8. The number of para-hydroxylation sites is 1. The third kappa shape index (κ3) is 4.25. The number of benzene rings is 2. The molecule has 2 heterocycles. The molecule has 4 rings (SSSR count). The number of thioether (sulfide) groups is 1. The number of hydrogen-bond donors (Lipinski definition) is 1. The average molecular weight is 405 g/mol. The third-order valence-electron chi connectivity index (χ3n) is 4.46. The van der Waals surface area contributed by atoms with Crippen molar-refractivity contribution in [3.63, 3.8) is 0 Å². The van der Waals surface area contributed by atoms with Gasteiger partial charge < -0.3 is 14.1 Å². The van der Waals surface area contributed by atoms with Gasteiger partial charge in [-0.05, 0) is 29.5 Å².